The Labute approximate surface area is 89.8 Å². The van der Waals surface area contributed by atoms with Gasteiger partial charge in [-0.15, -0.1) is 11.3 Å². The molecule has 0 atom stereocenters. The molecule has 2 nitrogen and oxygen atoms in total. The Balaban J connectivity index is 0.000000379. The van der Waals surface area contributed by atoms with Crippen molar-refractivity contribution in [2.75, 3.05) is 5.73 Å². The number of hydrogen-bond donors (Lipinski definition) is 1. The Hall–Kier alpha value is -1.09. The summed E-state index contributed by atoms with van der Waals surface area (Å²) in [5.74, 6) is 0. The van der Waals surface area contributed by atoms with Gasteiger partial charge in [-0.25, -0.2) is 4.98 Å². The molecule has 2 N–H and O–H groups in total. The second kappa shape index (κ2) is 7.33. The molecule has 2 rings (SSSR count). The Bertz CT molecular complexity index is 355. The molecule has 0 unspecified atom stereocenters. The van der Waals surface area contributed by atoms with Crippen molar-refractivity contribution in [2.24, 2.45) is 0 Å². The van der Waals surface area contributed by atoms with Crippen LogP contribution in [0.4, 0.5) is 5.69 Å². The zero-order valence-electron chi connectivity index (χ0n) is 9.24. The Kier molecular flexibility index (Phi) is 6.76. The molecule has 1 heterocycles. The topological polar surface area (TPSA) is 38.9 Å². The van der Waals surface area contributed by atoms with Gasteiger partial charge in [0.25, 0.3) is 0 Å². The summed E-state index contributed by atoms with van der Waals surface area (Å²) in [6, 6.07) is 5.73. The first-order valence-corrected chi connectivity index (χ1v) is 5.83. The first kappa shape index (κ1) is 12.9. The second-order valence-electron chi connectivity index (χ2n) is 2.08. The van der Waals surface area contributed by atoms with E-state index < -0.39 is 0 Å². The van der Waals surface area contributed by atoms with Gasteiger partial charge in [-0.3, -0.25) is 0 Å². The van der Waals surface area contributed by atoms with Gasteiger partial charge < -0.3 is 5.73 Å². The average molecular weight is 210 g/mol. The molecule has 0 radical (unpaired) electrons. The van der Waals surface area contributed by atoms with Crippen LogP contribution in [0.5, 0.6) is 0 Å². The van der Waals surface area contributed by atoms with E-state index in [1.54, 1.807) is 11.3 Å². The van der Waals surface area contributed by atoms with Gasteiger partial charge in [0.15, 0.2) is 0 Å². The van der Waals surface area contributed by atoms with Crippen LogP contribution in [0.25, 0.3) is 10.2 Å². The first-order chi connectivity index (χ1) is 6.86. The van der Waals surface area contributed by atoms with E-state index in [0.29, 0.717) is 0 Å². The summed E-state index contributed by atoms with van der Waals surface area (Å²) < 4.78 is 1.15. The van der Waals surface area contributed by atoms with E-state index >= 15 is 0 Å². The molecule has 0 bridgehead atoms. The summed E-state index contributed by atoms with van der Waals surface area (Å²) in [4.78, 5) is 4.12. The van der Waals surface area contributed by atoms with Crippen molar-refractivity contribution in [1.29, 1.82) is 0 Å². The van der Waals surface area contributed by atoms with Crippen molar-refractivity contribution >= 4 is 27.2 Å². The minimum Gasteiger partial charge on any atom is -0.399 e. The van der Waals surface area contributed by atoms with Crippen molar-refractivity contribution in [3.8, 4) is 0 Å². The predicted octanol–water partition coefficient (Wildman–Crippen LogP) is 3.93. The van der Waals surface area contributed by atoms with Crippen molar-refractivity contribution in [3.63, 3.8) is 0 Å². The lowest BCUT2D eigenvalue weighted by Gasteiger charge is -1.89. The minimum absolute atomic E-state index is 0.803. The fraction of sp³-hybridized carbons (Fsp3) is 0.364. The Morgan fingerprint density at radius 3 is 2.43 bits per heavy atom. The van der Waals surface area contributed by atoms with Gasteiger partial charge in [0.1, 0.15) is 0 Å². The fourth-order valence-electron chi connectivity index (χ4n) is 0.872. The molecule has 0 saturated carbocycles. The highest BCUT2D eigenvalue weighted by Crippen LogP contribution is 2.19. The number of anilines is 1. The molecular weight excluding hydrogens is 192 g/mol. The lowest BCUT2D eigenvalue weighted by atomic mass is 10.3. The number of benzene rings is 1. The lowest BCUT2D eigenvalue weighted by Crippen LogP contribution is -1.81. The monoisotopic (exact) mass is 210 g/mol. The van der Waals surface area contributed by atoms with Crippen molar-refractivity contribution < 1.29 is 0 Å². The molecule has 1 aromatic carbocycles. The van der Waals surface area contributed by atoms with E-state index in [0.717, 1.165) is 15.9 Å². The van der Waals surface area contributed by atoms with Crippen LogP contribution < -0.4 is 5.73 Å². The fourth-order valence-corrected chi connectivity index (χ4v) is 1.60. The molecule has 3 heteroatoms. The highest BCUT2D eigenvalue weighted by atomic mass is 32.1. The molecule has 0 aliphatic heterocycles. The highest BCUT2D eigenvalue weighted by molar-refractivity contribution is 7.16. The van der Waals surface area contributed by atoms with E-state index in [1.165, 1.54) is 0 Å². The van der Waals surface area contributed by atoms with Gasteiger partial charge >= 0.3 is 0 Å². The molecule has 78 valence electrons. The molecule has 1 aromatic heterocycles. The predicted molar refractivity (Wildman–Crippen MR) is 66.7 cm³/mol. The standard InChI is InChI=1S/C7H6N2S.2C2H6/c8-5-1-2-6-7(3-5)10-4-9-6;2*1-2/h1-4H,8H2;2*1-2H3. The van der Waals surface area contributed by atoms with E-state index in [-0.39, 0.29) is 0 Å². The van der Waals surface area contributed by atoms with Gasteiger partial charge in [-0.2, -0.15) is 0 Å². The van der Waals surface area contributed by atoms with E-state index in [2.05, 4.69) is 4.98 Å². The van der Waals surface area contributed by atoms with Gasteiger partial charge in [-0.05, 0) is 18.2 Å². The number of nitrogens with zero attached hydrogens (tertiary/aromatic N) is 1. The minimum atomic E-state index is 0.803. The number of aromatic nitrogens is 1. The molecule has 2 aromatic rings. The maximum absolute atomic E-state index is 5.56. The molecule has 0 spiro atoms. The number of nitrogens with two attached hydrogens (primary N) is 1. The van der Waals surface area contributed by atoms with Gasteiger partial charge in [-0.1, -0.05) is 27.7 Å². The number of nitrogen functional groups attached to an aromatic ring is 1. The van der Waals surface area contributed by atoms with Gasteiger partial charge in [0, 0.05) is 5.69 Å². The van der Waals surface area contributed by atoms with Crippen LogP contribution in [-0.4, -0.2) is 4.98 Å². The smallest absolute Gasteiger partial charge is 0.0813 e. The third-order valence-corrected chi connectivity index (χ3v) is 2.15. The summed E-state index contributed by atoms with van der Waals surface area (Å²) >= 11 is 1.61. The lowest BCUT2D eigenvalue weighted by molar-refractivity contribution is 1.50. The summed E-state index contributed by atoms with van der Waals surface area (Å²) in [6.07, 6.45) is 0. The van der Waals surface area contributed by atoms with Crippen molar-refractivity contribution in [1.82, 2.24) is 4.98 Å². The molecule has 0 aliphatic rings. The Morgan fingerprint density at radius 2 is 1.79 bits per heavy atom. The highest BCUT2D eigenvalue weighted by Gasteiger charge is 1.93. The van der Waals surface area contributed by atoms with Crippen LogP contribution in [0, 0.1) is 0 Å². The van der Waals surface area contributed by atoms with Crippen LogP contribution >= 0.6 is 11.3 Å². The molecule has 0 fully saturated rings. The summed E-state index contributed by atoms with van der Waals surface area (Å²) in [5, 5.41) is 0. The average Bonchev–Trinajstić information content (AvgIpc) is 2.71. The summed E-state index contributed by atoms with van der Waals surface area (Å²) in [7, 11) is 0. The molecular formula is C11H18N2S. The number of fused-ring (bicyclic) bond motifs is 1. The SMILES string of the molecule is CC.CC.Nc1ccc2ncsc2c1. The summed E-state index contributed by atoms with van der Waals surface area (Å²) in [6.45, 7) is 8.00. The number of thiazole rings is 1. The first-order valence-electron chi connectivity index (χ1n) is 4.95. The Morgan fingerprint density at radius 1 is 1.14 bits per heavy atom. The molecule has 14 heavy (non-hydrogen) atoms. The maximum atomic E-state index is 5.56. The third-order valence-electron chi connectivity index (χ3n) is 1.36. The quantitative estimate of drug-likeness (QED) is 0.669. The third kappa shape index (κ3) is 3.34. The van der Waals surface area contributed by atoms with Gasteiger partial charge in [0.2, 0.25) is 0 Å². The van der Waals surface area contributed by atoms with Crippen molar-refractivity contribution in [3.05, 3.63) is 23.7 Å². The molecule has 0 aliphatic carbocycles. The van der Waals surface area contributed by atoms with Gasteiger partial charge in [0.05, 0.1) is 15.7 Å². The van der Waals surface area contributed by atoms with E-state index in [1.807, 2.05) is 51.4 Å². The van der Waals surface area contributed by atoms with Crippen molar-refractivity contribution in [2.45, 2.75) is 27.7 Å². The van der Waals surface area contributed by atoms with E-state index in [9.17, 15) is 0 Å². The van der Waals surface area contributed by atoms with Crippen LogP contribution in [0.15, 0.2) is 23.7 Å². The normalized spacial score (nSPS) is 8.29. The van der Waals surface area contributed by atoms with Crippen LogP contribution in [-0.2, 0) is 0 Å². The zero-order valence-corrected chi connectivity index (χ0v) is 10.1. The second-order valence-corrected chi connectivity index (χ2v) is 2.97. The van der Waals surface area contributed by atoms with Crippen LogP contribution in [0.3, 0.4) is 0 Å². The zero-order chi connectivity index (χ0) is 11.0. The number of rotatable bonds is 0. The largest absolute Gasteiger partial charge is 0.399 e. The van der Waals surface area contributed by atoms with Crippen LogP contribution in [0.1, 0.15) is 27.7 Å². The van der Waals surface area contributed by atoms with Crippen LogP contribution in [0.2, 0.25) is 0 Å². The summed E-state index contributed by atoms with van der Waals surface area (Å²) in [5.41, 5.74) is 9.22. The van der Waals surface area contributed by atoms with E-state index in [4.69, 9.17) is 5.73 Å². The maximum Gasteiger partial charge on any atom is 0.0813 e. The molecule has 0 amide bonds. The number of hydrogen-bond acceptors (Lipinski definition) is 3. The molecule has 0 saturated heterocycles.